The molecule has 0 aromatic rings. The fourth-order valence-electron chi connectivity index (χ4n) is 5.80. The molecule has 0 saturated carbocycles. The second-order valence-corrected chi connectivity index (χ2v) is 10.1. The van der Waals surface area contributed by atoms with Gasteiger partial charge in [-0.05, 0) is 25.7 Å². The summed E-state index contributed by atoms with van der Waals surface area (Å²) in [4.78, 5) is 36.1. The third-order valence-corrected chi connectivity index (χ3v) is 7.67. The fraction of sp³-hybridized carbons (Fsp3) is 0.731. The van der Waals surface area contributed by atoms with Crippen molar-refractivity contribution in [2.45, 2.75) is 102 Å². The molecular formula is C26H39NO8. The van der Waals surface area contributed by atoms with Crippen LogP contribution in [0.4, 0.5) is 0 Å². The second kappa shape index (κ2) is 11.8. The Kier molecular flexibility index (Phi) is 9.26. The summed E-state index contributed by atoms with van der Waals surface area (Å²) in [6.07, 6.45) is 7.61. The van der Waals surface area contributed by atoms with E-state index in [1.165, 1.54) is 6.08 Å². The van der Waals surface area contributed by atoms with Crippen LogP contribution in [-0.2, 0) is 19.1 Å². The number of unbranched alkanes of at least 4 members (excludes halogenated alkanes) is 4. The summed E-state index contributed by atoms with van der Waals surface area (Å²) in [6, 6.07) is 0. The monoisotopic (exact) mass is 493 g/mol. The minimum absolute atomic E-state index is 0.0708. The van der Waals surface area contributed by atoms with Crippen molar-refractivity contribution in [2.24, 2.45) is 11.3 Å². The highest BCUT2D eigenvalue weighted by molar-refractivity contribution is 5.98. The number of β-amino-alcohol motifs (C(OH)–C–C–N with tert-alkyl or cyclic N) is 1. The third-order valence-electron chi connectivity index (χ3n) is 7.67. The van der Waals surface area contributed by atoms with Gasteiger partial charge in [0.15, 0.2) is 5.78 Å². The summed E-state index contributed by atoms with van der Waals surface area (Å²) in [7, 11) is 0. The molecule has 3 rings (SSSR count). The first-order chi connectivity index (χ1) is 16.6. The number of hydrogen-bond donors (Lipinski definition) is 5. The molecule has 2 fully saturated rings. The number of allylic oxidation sites excluding steroid dienone is 2. The number of carboxylic acids is 1. The molecule has 5 N–H and O–H groups in total. The Morgan fingerprint density at radius 1 is 1.23 bits per heavy atom. The van der Waals surface area contributed by atoms with Gasteiger partial charge in [0.2, 0.25) is 11.6 Å². The maximum Gasteiger partial charge on any atom is 0.303 e. The number of fused-ring (bicyclic) bond motifs is 1. The Bertz CT molecular complexity index is 854. The van der Waals surface area contributed by atoms with Gasteiger partial charge in [0.25, 0.3) is 0 Å². The molecule has 35 heavy (non-hydrogen) atoms. The largest absolute Gasteiger partial charge is 0.481 e. The predicted molar refractivity (Wildman–Crippen MR) is 127 cm³/mol. The quantitative estimate of drug-likeness (QED) is 0.181. The number of aliphatic hydroxyl groups excluding tert-OH is 2. The number of ether oxygens (including phenoxy) is 1. The normalized spacial score (nSPS) is 32.7. The zero-order valence-corrected chi connectivity index (χ0v) is 20.4. The molecule has 0 aromatic heterocycles. The van der Waals surface area contributed by atoms with E-state index in [1.54, 1.807) is 0 Å². The Hall–Kier alpha value is -2.07. The number of carbonyl (C=O) groups is 3. The molecule has 6 atom stereocenters. The zero-order chi connectivity index (χ0) is 25.6. The van der Waals surface area contributed by atoms with Crippen molar-refractivity contribution < 1.29 is 39.5 Å². The molecule has 196 valence electrons. The third kappa shape index (κ3) is 6.02. The minimum Gasteiger partial charge on any atom is -0.481 e. The maximum atomic E-state index is 12.9. The van der Waals surface area contributed by atoms with Crippen LogP contribution in [0, 0.1) is 11.3 Å². The molecule has 0 amide bonds. The summed E-state index contributed by atoms with van der Waals surface area (Å²) < 4.78 is 5.87. The van der Waals surface area contributed by atoms with Crippen LogP contribution in [-0.4, -0.2) is 68.6 Å². The molecule has 2 bridgehead atoms. The second-order valence-electron chi connectivity index (χ2n) is 10.1. The summed E-state index contributed by atoms with van der Waals surface area (Å²) in [5.74, 6) is -4.29. The van der Waals surface area contributed by atoms with Crippen molar-refractivity contribution in [3.8, 4) is 0 Å². The molecule has 1 spiro atoms. The van der Waals surface area contributed by atoms with E-state index in [2.05, 4.69) is 5.32 Å². The number of Topliss-reactive ketones (excluding diaryl/α,β-unsaturated/α-hetero) is 1. The van der Waals surface area contributed by atoms with Crippen LogP contribution < -0.4 is 5.32 Å². The van der Waals surface area contributed by atoms with Crippen LogP contribution in [0.15, 0.2) is 23.9 Å². The van der Waals surface area contributed by atoms with Crippen LogP contribution in [0.2, 0.25) is 0 Å². The predicted octanol–water partition coefficient (Wildman–Crippen LogP) is 1.99. The van der Waals surface area contributed by atoms with Crippen molar-refractivity contribution in [2.75, 3.05) is 6.54 Å². The van der Waals surface area contributed by atoms with Gasteiger partial charge in [0, 0.05) is 48.9 Å². The van der Waals surface area contributed by atoms with Gasteiger partial charge >= 0.3 is 5.97 Å². The van der Waals surface area contributed by atoms with Gasteiger partial charge in [0.1, 0.15) is 6.10 Å². The molecule has 0 aromatic carbocycles. The molecule has 3 aliphatic rings. The Labute approximate surface area is 206 Å². The number of nitrogens with one attached hydrogen (secondary N) is 1. The van der Waals surface area contributed by atoms with Crippen molar-refractivity contribution >= 4 is 17.5 Å². The van der Waals surface area contributed by atoms with Crippen LogP contribution in [0.3, 0.4) is 0 Å². The van der Waals surface area contributed by atoms with E-state index in [0.29, 0.717) is 25.0 Å². The van der Waals surface area contributed by atoms with E-state index >= 15 is 0 Å². The number of aliphatic hydroxyl groups is 3. The van der Waals surface area contributed by atoms with E-state index in [-0.39, 0.29) is 38.1 Å². The van der Waals surface area contributed by atoms with E-state index < -0.39 is 47.0 Å². The Morgan fingerprint density at radius 2 is 1.94 bits per heavy atom. The lowest BCUT2D eigenvalue weighted by Crippen LogP contribution is -2.63. The summed E-state index contributed by atoms with van der Waals surface area (Å²) in [6.45, 7) is 2.25. The topological polar surface area (TPSA) is 153 Å². The van der Waals surface area contributed by atoms with Gasteiger partial charge in [-0.3, -0.25) is 14.4 Å². The molecule has 0 radical (unpaired) electrons. The summed E-state index contributed by atoms with van der Waals surface area (Å²) >= 11 is 0. The molecule has 2 saturated heterocycles. The molecule has 1 aliphatic carbocycles. The van der Waals surface area contributed by atoms with Crippen LogP contribution >= 0.6 is 0 Å². The Morgan fingerprint density at radius 3 is 2.66 bits per heavy atom. The van der Waals surface area contributed by atoms with Crippen LogP contribution in [0.1, 0.15) is 77.6 Å². The lowest BCUT2D eigenvalue weighted by atomic mass is 9.58. The van der Waals surface area contributed by atoms with E-state index in [1.807, 2.05) is 19.1 Å². The van der Waals surface area contributed by atoms with Gasteiger partial charge in [0.05, 0.1) is 12.2 Å². The lowest BCUT2D eigenvalue weighted by Gasteiger charge is -2.54. The average Bonchev–Trinajstić information content (AvgIpc) is 3.10. The standard InChI is InChI=1S/C26H39NO8/c1-2-3-7-10-17-20(13-19(29)18(28)11-8-5-4-6-9-12-24(32)33)35-26(34)16-25(17)21(14-22(26)30)27-15-23(25)31/h3,7,14,17-18,20,23,27-28,31,34H,2,4-6,8-13,15-16H2,1H3,(H,32,33)/b7-3-/t17-,18-,20+,23+,25?,26-/m1/s1. The number of aliphatic carboxylic acids is 1. The van der Waals surface area contributed by atoms with Gasteiger partial charge in [-0.15, -0.1) is 0 Å². The van der Waals surface area contributed by atoms with E-state index in [0.717, 1.165) is 25.7 Å². The SMILES string of the molecule is CC/C=C\C[C@@H]1[C@H](CC(=O)[C@H](O)CCCCCCCC(=O)O)O[C@]2(O)CC13C(=CC2=O)NC[C@@H]3O. The highest BCUT2D eigenvalue weighted by Crippen LogP contribution is 2.57. The summed E-state index contributed by atoms with van der Waals surface area (Å²) in [5, 5.41) is 44.3. The number of rotatable bonds is 14. The van der Waals surface area contributed by atoms with E-state index in [9.17, 15) is 29.7 Å². The Balaban J connectivity index is 1.66. The number of hydrogen-bond acceptors (Lipinski definition) is 8. The fourth-order valence-corrected chi connectivity index (χ4v) is 5.80. The van der Waals surface area contributed by atoms with Crippen LogP contribution in [0.25, 0.3) is 0 Å². The molecule has 1 unspecified atom stereocenters. The van der Waals surface area contributed by atoms with Gasteiger partial charge < -0.3 is 30.5 Å². The molecular weight excluding hydrogens is 454 g/mol. The lowest BCUT2D eigenvalue weighted by molar-refractivity contribution is -0.286. The highest BCUT2D eigenvalue weighted by Gasteiger charge is 2.66. The summed E-state index contributed by atoms with van der Waals surface area (Å²) in [5.41, 5.74) is -0.344. The molecule has 9 nitrogen and oxygen atoms in total. The van der Waals surface area contributed by atoms with Gasteiger partial charge in [-0.25, -0.2) is 0 Å². The zero-order valence-electron chi connectivity index (χ0n) is 20.4. The van der Waals surface area contributed by atoms with E-state index in [4.69, 9.17) is 9.84 Å². The molecule has 9 heteroatoms. The first-order valence-corrected chi connectivity index (χ1v) is 12.8. The highest BCUT2D eigenvalue weighted by atomic mass is 16.6. The number of carboxylic acid groups (broad SMARTS) is 1. The number of ketones is 2. The van der Waals surface area contributed by atoms with Gasteiger partial charge in [-0.1, -0.05) is 44.8 Å². The van der Waals surface area contributed by atoms with Crippen LogP contribution in [0.5, 0.6) is 0 Å². The minimum atomic E-state index is -2.10. The van der Waals surface area contributed by atoms with Crippen molar-refractivity contribution in [3.63, 3.8) is 0 Å². The van der Waals surface area contributed by atoms with Crippen molar-refractivity contribution in [3.05, 3.63) is 23.9 Å². The van der Waals surface area contributed by atoms with Crippen molar-refractivity contribution in [1.82, 2.24) is 5.32 Å². The first kappa shape index (κ1) is 27.5. The van der Waals surface area contributed by atoms with Gasteiger partial charge in [-0.2, -0.15) is 0 Å². The molecule has 2 heterocycles. The number of carbonyl (C=O) groups excluding carboxylic acids is 2. The van der Waals surface area contributed by atoms with Crippen molar-refractivity contribution in [1.29, 1.82) is 0 Å². The smallest absolute Gasteiger partial charge is 0.303 e. The molecule has 2 aliphatic heterocycles. The average molecular weight is 494 g/mol. The first-order valence-electron chi connectivity index (χ1n) is 12.8. The maximum absolute atomic E-state index is 12.9.